The molecule has 0 bridgehead atoms. The van der Waals surface area contributed by atoms with Crippen LogP contribution in [0.5, 0.6) is 0 Å². The first kappa shape index (κ1) is 12.5. The summed E-state index contributed by atoms with van der Waals surface area (Å²) in [5.41, 5.74) is 5.58. The van der Waals surface area contributed by atoms with E-state index in [-0.39, 0.29) is 17.9 Å². The van der Waals surface area contributed by atoms with Crippen molar-refractivity contribution in [3.05, 3.63) is 16.6 Å². The summed E-state index contributed by atoms with van der Waals surface area (Å²) in [7, 11) is 0. The molecule has 17 heavy (non-hydrogen) atoms. The highest BCUT2D eigenvalue weighted by molar-refractivity contribution is 7.09. The fourth-order valence-electron chi connectivity index (χ4n) is 2.24. The predicted octanol–water partition coefficient (Wildman–Crippen LogP) is 1.79. The number of thiazole rings is 1. The van der Waals surface area contributed by atoms with Gasteiger partial charge in [-0.1, -0.05) is 6.92 Å². The van der Waals surface area contributed by atoms with Crippen LogP contribution in [0.25, 0.3) is 0 Å². The van der Waals surface area contributed by atoms with Crippen LogP contribution in [0, 0.1) is 5.92 Å². The third-order valence-corrected chi connectivity index (χ3v) is 4.17. The molecule has 2 rings (SSSR count). The van der Waals surface area contributed by atoms with Gasteiger partial charge in [-0.3, -0.25) is 4.79 Å². The Balaban J connectivity index is 2.15. The molecule has 0 spiro atoms. The molecule has 0 aliphatic carbocycles. The molecule has 5 heteroatoms. The van der Waals surface area contributed by atoms with E-state index in [2.05, 4.69) is 4.98 Å². The van der Waals surface area contributed by atoms with Gasteiger partial charge in [0, 0.05) is 30.6 Å². The zero-order valence-electron chi connectivity index (χ0n) is 10.1. The van der Waals surface area contributed by atoms with E-state index in [1.807, 2.05) is 23.4 Å². The molecule has 2 N–H and O–H groups in total. The molecule has 2 heterocycles. The van der Waals surface area contributed by atoms with E-state index in [9.17, 15) is 4.79 Å². The second-order valence-electron chi connectivity index (χ2n) is 4.55. The lowest BCUT2D eigenvalue weighted by molar-refractivity contribution is -0.138. The van der Waals surface area contributed by atoms with Crippen molar-refractivity contribution >= 4 is 17.2 Å². The zero-order valence-corrected chi connectivity index (χ0v) is 10.9. The number of piperidine rings is 1. The minimum Gasteiger partial charge on any atom is -0.333 e. The third-order valence-electron chi connectivity index (χ3n) is 3.30. The lowest BCUT2D eigenvalue weighted by Crippen LogP contribution is -2.42. The maximum Gasteiger partial charge on any atom is 0.227 e. The van der Waals surface area contributed by atoms with Gasteiger partial charge in [0.15, 0.2) is 0 Å². The molecule has 0 saturated carbocycles. The Labute approximate surface area is 106 Å². The van der Waals surface area contributed by atoms with E-state index in [4.69, 9.17) is 5.73 Å². The number of nitrogens with two attached hydrogens (primary N) is 1. The van der Waals surface area contributed by atoms with Crippen LogP contribution in [0.3, 0.4) is 0 Å². The Kier molecular flexibility index (Phi) is 4.12. The molecule has 0 aromatic carbocycles. The van der Waals surface area contributed by atoms with Gasteiger partial charge in [-0.05, 0) is 19.3 Å². The number of carbonyl (C=O) groups is 1. The zero-order chi connectivity index (χ0) is 12.3. The first-order valence-corrected chi connectivity index (χ1v) is 7.02. The van der Waals surface area contributed by atoms with Gasteiger partial charge in [-0.15, -0.1) is 11.3 Å². The van der Waals surface area contributed by atoms with E-state index in [0.717, 1.165) is 24.4 Å². The van der Waals surface area contributed by atoms with Crippen molar-refractivity contribution in [3.63, 3.8) is 0 Å². The standard InChI is InChI=1S/C12H19N3OS/c1-9(8-13)12(16)15-6-3-2-4-10(15)11-14-5-7-17-11/h5,7,9-10H,2-4,6,8,13H2,1H3. The van der Waals surface area contributed by atoms with E-state index >= 15 is 0 Å². The number of nitrogens with zero attached hydrogens (tertiary/aromatic N) is 2. The first-order valence-electron chi connectivity index (χ1n) is 6.14. The normalized spacial score (nSPS) is 22.5. The van der Waals surface area contributed by atoms with Crippen LogP contribution in [0.15, 0.2) is 11.6 Å². The maximum absolute atomic E-state index is 12.3. The topological polar surface area (TPSA) is 59.2 Å². The van der Waals surface area contributed by atoms with Crippen molar-refractivity contribution < 1.29 is 4.79 Å². The SMILES string of the molecule is CC(CN)C(=O)N1CCCCC1c1nccs1. The molecule has 2 unspecified atom stereocenters. The molecular formula is C12H19N3OS. The second-order valence-corrected chi connectivity index (χ2v) is 5.48. The largest absolute Gasteiger partial charge is 0.333 e. The summed E-state index contributed by atoms with van der Waals surface area (Å²) in [6.07, 6.45) is 5.09. The molecule has 1 fully saturated rings. The van der Waals surface area contributed by atoms with Crippen LogP contribution < -0.4 is 5.73 Å². The van der Waals surface area contributed by atoms with Gasteiger partial charge in [-0.25, -0.2) is 4.98 Å². The summed E-state index contributed by atoms with van der Waals surface area (Å²) in [6, 6.07) is 0.172. The van der Waals surface area contributed by atoms with Crippen molar-refractivity contribution in [3.8, 4) is 0 Å². The van der Waals surface area contributed by atoms with E-state index < -0.39 is 0 Å². The minimum absolute atomic E-state index is 0.0874. The van der Waals surface area contributed by atoms with E-state index in [1.165, 1.54) is 6.42 Å². The number of hydrogen-bond donors (Lipinski definition) is 1. The van der Waals surface area contributed by atoms with Gasteiger partial charge in [0.2, 0.25) is 5.91 Å². The molecule has 94 valence electrons. The van der Waals surface area contributed by atoms with Crippen LogP contribution in [-0.4, -0.2) is 28.9 Å². The van der Waals surface area contributed by atoms with E-state index in [1.54, 1.807) is 11.3 Å². The number of likely N-dealkylation sites (tertiary alicyclic amines) is 1. The van der Waals surface area contributed by atoms with Crippen LogP contribution in [0.2, 0.25) is 0 Å². The van der Waals surface area contributed by atoms with Crippen LogP contribution in [0.1, 0.15) is 37.2 Å². The predicted molar refractivity (Wildman–Crippen MR) is 68.6 cm³/mol. The average Bonchev–Trinajstić information content (AvgIpc) is 2.90. The number of carbonyl (C=O) groups excluding carboxylic acids is 1. The second kappa shape index (κ2) is 5.60. The van der Waals surface area contributed by atoms with Crippen LogP contribution in [0.4, 0.5) is 0 Å². The molecule has 1 aliphatic heterocycles. The lowest BCUT2D eigenvalue weighted by atomic mass is 10.00. The Hall–Kier alpha value is -0.940. The summed E-state index contributed by atoms with van der Waals surface area (Å²) in [5, 5.41) is 3.03. The number of amides is 1. The van der Waals surface area contributed by atoms with E-state index in [0.29, 0.717) is 6.54 Å². The van der Waals surface area contributed by atoms with Gasteiger partial charge in [0.25, 0.3) is 0 Å². The Morgan fingerprint density at radius 3 is 3.18 bits per heavy atom. The smallest absolute Gasteiger partial charge is 0.227 e. The van der Waals surface area contributed by atoms with Crippen molar-refractivity contribution in [1.82, 2.24) is 9.88 Å². The minimum atomic E-state index is -0.0874. The highest BCUT2D eigenvalue weighted by Crippen LogP contribution is 2.32. The van der Waals surface area contributed by atoms with Gasteiger partial charge >= 0.3 is 0 Å². The summed E-state index contributed by atoms with van der Waals surface area (Å²) in [4.78, 5) is 18.6. The van der Waals surface area contributed by atoms with Gasteiger partial charge in [0.05, 0.1) is 6.04 Å². The summed E-state index contributed by atoms with van der Waals surface area (Å²) in [5.74, 6) is 0.0861. The average molecular weight is 253 g/mol. The maximum atomic E-state index is 12.3. The Morgan fingerprint density at radius 1 is 1.71 bits per heavy atom. The molecule has 1 aromatic rings. The molecule has 2 atom stereocenters. The molecule has 1 saturated heterocycles. The fourth-order valence-corrected chi connectivity index (χ4v) is 3.02. The fraction of sp³-hybridized carbons (Fsp3) is 0.667. The Bertz CT molecular complexity index is 366. The van der Waals surface area contributed by atoms with Crippen molar-refractivity contribution in [2.24, 2.45) is 11.7 Å². The molecule has 1 amide bonds. The molecular weight excluding hydrogens is 234 g/mol. The highest BCUT2D eigenvalue weighted by atomic mass is 32.1. The highest BCUT2D eigenvalue weighted by Gasteiger charge is 2.31. The number of hydrogen-bond acceptors (Lipinski definition) is 4. The lowest BCUT2D eigenvalue weighted by Gasteiger charge is -2.36. The first-order chi connectivity index (χ1) is 8.24. The summed E-state index contributed by atoms with van der Waals surface area (Å²) < 4.78 is 0. The monoisotopic (exact) mass is 253 g/mol. The van der Waals surface area contributed by atoms with Gasteiger partial charge in [-0.2, -0.15) is 0 Å². The number of rotatable bonds is 3. The van der Waals surface area contributed by atoms with Crippen LogP contribution in [-0.2, 0) is 4.79 Å². The Morgan fingerprint density at radius 2 is 2.53 bits per heavy atom. The van der Waals surface area contributed by atoms with Gasteiger partial charge < -0.3 is 10.6 Å². The van der Waals surface area contributed by atoms with Crippen LogP contribution >= 0.6 is 11.3 Å². The summed E-state index contributed by atoms with van der Waals surface area (Å²) in [6.45, 7) is 3.16. The molecule has 4 nitrogen and oxygen atoms in total. The number of aromatic nitrogens is 1. The quantitative estimate of drug-likeness (QED) is 0.893. The van der Waals surface area contributed by atoms with Crippen molar-refractivity contribution in [2.75, 3.05) is 13.1 Å². The van der Waals surface area contributed by atoms with Crippen molar-refractivity contribution in [1.29, 1.82) is 0 Å². The molecule has 0 radical (unpaired) electrons. The third kappa shape index (κ3) is 2.66. The summed E-state index contributed by atoms with van der Waals surface area (Å²) >= 11 is 1.63. The molecule has 1 aromatic heterocycles. The van der Waals surface area contributed by atoms with Gasteiger partial charge in [0.1, 0.15) is 5.01 Å². The van der Waals surface area contributed by atoms with Crippen molar-refractivity contribution in [2.45, 2.75) is 32.2 Å². The molecule has 1 aliphatic rings.